The molecule has 0 atom stereocenters. The normalized spacial score (nSPS) is 16.1. The number of unbranched alkanes of at least 4 members (excludes halogenated alkanes) is 1. The largest absolute Gasteiger partial charge is 0.449 e. The van der Waals surface area contributed by atoms with Crippen LogP contribution in [-0.4, -0.2) is 36.4 Å². The van der Waals surface area contributed by atoms with Crippen molar-refractivity contribution in [2.24, 2.45) is 0 Å². The van der Waals surface area contributed by atoms with Gasteiger partial charge in [-0.25, -0.2) is 4.79 Å². The number of hydrogen-bond acceptors (Lipinski definition) is 3. The quantitative estimate of drug-likeness (QED) is 0.255. The molecule has 0 radical (unpaired) electrons. The minimum atomic E-state index is -4.87. The number of carbonyl (C=O) groups excluding carboxylic acids is 1. The van der Waals surface area contributed by atoms with E-state index in [9.17, 15) is 31.1 Å². The van der Waals surface area contributed by atoms with Crippen molar-refractivity contribution in [3.8, 4) is 0 Å². The number of amides is 1. The maximum absolute atomic E-state index is 13.2. The van der Waals surface area contributed by atoms with E-state index >= 15 is 0 Å². The molecule has 2 aromatic rings. The zero-order chi connectivity index (χ0) is 26.4. The average Bonchev–Trinajstić information content (AvgIpc) is 2.84. The smallest absolute Gasteiger partial charge is 0.416 e. The zero-order valence-electron chi connectivity index (χ0n) is 19.9. The van der Waals surface area contributed by atoms with Crippen LogP contribution < -0.4 is 0 Å². The standard InChI is InChI=1S/C26H29F6NO2S/c1-2-3-13-35-23(34)33-11-9-24(10-12-33,20-7-5-4-6-8-20)18-36-17-19-14-21(25(27,28)29)16-22(15-19)26(30,31)32/h4-8,14-16H,2-3,9-13,17-18H2,1H3. The van der Waals surface area contributed by atoms with Crippen molar-refractivity contribution in [3.63, 3.8) is 0 Å². The Morgan fingerprint density at radius 1 is 0.972 bits per heavy atom. The summed E-state index contributed by atoms with van der Waals surface area (Å²) in [5, 5.41) is 0. The first kappa shape index (κ1) is 28.2. The van der Waals surface area contributed by atoms with Gasteiger partial charge < -0.3 is 9.64 Å². The van der Waals surface area contributed by atoms with E-state index < -0.39 is 23.5 Å². The number of thioether (sulfide) groups is 1. The van der Waals surface area contributed by atoms with Crippen molar-refractivity contribution >= 4 is 17.9 Å². The summed E-state index contributed by atoms with van der Waals surface area (Å²) in [6, 6.07) is 11.3. The highest BCUT2D eigenvalue weighted by atomic mass is 32.2. The van der Waals surface area contributed by atoms with Gasteiger partial charge in [-0.3, -0.25) is 0 Å². The van der Waals surface area contributed by atoms with E-state index in [0.29, 0.717) is 38.3 Å². The van der Waals surface area contributed by atoms with E-state index in [-0.39, 0.29) is 28.9 Å². The zero-order valence-corrected chi connectivity index (χ0v) is 20.7. The molecule has 36 heavy (non-hydrogen) atoms. The first-order chi connectivity index (χ1) is 16.9. The second-order valence-electron chi connectivity index (χ2n) is 9.01. The average molecular weight is 534 g/mol. The minimum absolute atomic E-state index is 0.00432. The van der Waals surface area contributed by atoms with Gasteiger partial charge in [-0.1, -0.05) is 43.7 Å². The molecular weight excluding hydrogens is 504 g/mol. The van der Waals surface area contributed by atoms with Gasteiger partial charge in [0.05, 0.1) is 17.7 Å². The summed E-state index contributed by atoms with van der Waals surface area (Å²) in [6.45, 7) is 3.29. The van der Waals surface area contributed by atoms with E-state index in [1.807, 2.05) is 37.3 Å². The van der Waals surface area contributed by atoms with Crippen molar-refractivity contribution in [2.75, 3.05) is 25.4 Å². The highest BCUT2D eigenvalue weighted by Gasteiger charge is 2.39. The molecule has 0 aromatic heterocycles. The number of hydrogen-bond donors (Lipinski definition) is 0. The molecule has 0 aliphatic carbocycles. The summed E-state index contributed by atoms with van der Waals surface area (Å²) in [4.78, 5) is 14.0. The topological polar surface area (TPSA) is 29.5 Å². The maximum atomic E-state index is 13.2. The maximum Gasteiger partial charge on any atom is 0.416 e. The number of ether oxygens (including phenoxy) is 1. The van der Waals surface area contributed by atoms with Crippen LogP contribution in [0.25, 0.3) is 0 Å². The Hall–Kier alpha value is -2.36. The Morgan fingerprint density at radius 3 is 2.08 bits per heavy atom. The van der Waals surface area contributed by atoms with Crippen LogP contribution in [0.4, 0.5) is 31.1 Å². The lowest BCUT2D eigenvalue weighted by Crippen LogP contribution is -2.46. The van der Waals surface area contributed by atoms with E-state index in [0.717, 1.165) is 30.5 Å². The van der Waals surface area contributed by atoms with Gasteiger partial charge in [0.15, 0.2) is 0 Å². The number of rotatable bonds is 8. The first-order valence-corrected chi connectivity index (χ1v) is 12.9. The summed E-state index contributed by atoms with van der Waals surface area (Å²) >= 11 is 1.30. The fourth-order valence-corrected chi connectivity index (χ4v) is 5.64. The van der Waals surface area contributed by atoms with Crippen molar-refractivity contribution in [2.45, 2.75) is 56.1 Å². The highest BCUT2D eigenvalue weighted by molar-refractivity contribution is 7.98. The Bertz CT molecular complexity index is 969. The fourth-order valence-electron chi connectivity index (χ4n) is 4.29. The van der Waals surface area contributed by atoms with E-state index in [1.54, 1.807) is 4.90 Å². The van der Waals surface area contributed by atoms with Crippen molar-refractivity contribution in [1.29, 1.82) is 0 Å². The predicted molar refractivity (Wildman–Crippen MR) is 128 cm³/mol. The Kier molecular flexibility index (Phi) is 9.24. The molecule has 2 aromatic carbocycles. The third-order valence-electron chi connectivity index (χ3n) is 6.38. The number of piperidine rings is 1. The van der Waals surface area contributed by atoms with Gasteiger partial charge in [-0.05, 0) is 48.6 Å². The molecule has 1 amide bonds. The van der Waals surface area contributed by atoms with Gasteiger partial charge in [0, 0.05) is 30.0 Å². The third kappa shape index (κ3) is 7.33. The summed E-state index contributed by atoms with van der Waals surface area (Å²) < 4.78 is 84.6. The van der Waals surface area contributed by atoms with Crippen LogP contribution in [0, 0.1) is 0 Å². The number of likely N-dealkylation sites (tertiary alicyclic amines) is 1. The van der Waals surface area contributed by atoms with E-state index in [1.165, 1.54) is 11.8 Å². The second kappa shape index (κ2) is 11.8. The molecule has 0 N–H and O–H groups in total. The van der Waals surface area contributed by atoms with Crippen LogP contribution in [-0.2, 0) is 28.3 Å². The number of halogens is 6. The van der Waals surface area contributed by atoms with Crippen LogP contribution in [0.5, 0.6) is 0 Å². The molecule has 1 aliphatic heterocycles. The molecule has 0 bridgehead atoms. The summed E-state index contributed by atoms with van der Waals surface area (Å²) in [5.41, 5.74) is -1.96. The van der Waals surface area contributed by atoms with E-state index in [2.05, 4.69) is 0 Å². The van der Waals surface area contributed by atoms with Gasteiger partial charge in [0.2, 0.25) is 0 Å². The number of carbonyl (C=O) groups is 1. The van der Waals surface area contributed by atoms with Gasteiger partial charge in [-0.15, -0.1) is 0 Å². The SMILES string of the molecule is CCCCOC(=O)N1CCC(CSCc2cc(C(F)(F)F)cc(C(F)(F)F)c2)(c2ccccc2)CC1. The Balaban J connectivity index is 1.73. The third-order valence-corrected chi connectivity index (χ3v) is 7.68. The highest BCUT2D eigenvalue weighted by Crippen LogP contribution is 2.41. The van der Waals surface area contributed by atoms with Crippen molar-refractivity contribution in [1.82, 2.24) is 4.90 Å². The molecule has 10 heteroatoms. The van der Waals surface area contributed by atoms with Crippen molar-refractivity contribution < 1.29 is 35.9 Å². The Labute approximate surface area is 211 Å². The van der Waals surface area contributed by atoms with Gasteiger partial charge in [0.25, 0.3) is 0 Å². The molecule has 1 saturated heterocycles. The molecule has 0 unspecified atom stereocenters. The molecule has 3 rings (SSSR count). The lowest BCUT2D eigenvalue weighted by Gasteiger charge is -2.42. The monoisotopic (exact) mass is 533 g/mol. The molecule has 198 valence electrons. The van der Waals surface area contributed by atoms with Gasteiger partial charge in [-0.2, -0.15) is 38.1 Å². The molecule has 1 heterocycles. The van der Waals surface area contributed by atoms with Crippen LogP contribution in [0.15, 0.2) is 48.5 Å². The Morgan fingerprint density at radius 2 is 1.56 bits per heavy atom. The molecule has 1 aliphatic rings. The second-order valence-corrected chi connectivity index (χ2v) is 9.99. The molecule has 0 saturated carbocycles. The van der Waals surface area contributed by atoms with Crippen LogP contribution in [0.2, 0.25) is 0 Å². The molecule has 3 nitrogen and oxygen atoms in total. The predicted octanol–water partition coefficient (Wildman–Crippen LogP) is 7.93. The summed E-state index contributed by atoms with van der Waals surface area (Å²) in [5.74, 6) is 0.498. The number of nitrogens with zero attached hydrogens (tertiary/aromatic N) is 1. The van der Waals surface area contributed by atoms with Gasteiger partial charge in [0.1, 0.15) is 0 Å². The lowest BCUT2D eigenvalue weighted by molar-refractivity contribution is -0.143. The minimum Gasteiger partial charge on any atom is -0.449 e. The van der Waals surface area contributed by atoms with Crippen LogP contribution >= 0.6 is 11.8 Å². The summed E-state index contributed by atoms with van der Waals surface area (Å²) in [6.07, 6.45) is -7.17. The molecule has 1 fully saturated rings. The van der Waals surface area contributed by atoms with Gasteiger partial charge >= 0.3 is 18.4 Å². The van der Waals surface area contributed by atoms with E-state index in [4.69, 9.17) is 4.74 Å². The number of alkyl halides is 6. The van der Waals surface area contributed by atoms with Crippen LogP contribution in [0.1, 0.15) is 54.9 Å². The summed E-state index contributed by atoms with van der Waals surface area (Å²) in [7, 11) is 0. The lowest BCUT2D eigenvalue weighted by atomic mass is 9.74. The van der Waals surface area contributed by atoms with Crippen molar-refractivity contribution in [3.05, 3.63) is 70.8 Å². The number of benzene rings is 2. The molecule has 0 spiro atoms. The van der Waals surface area contributed by atoms with Crippen LogP contribution in [0.3, 0.4) is 0 Å². The first-order valence-electron chi connectivity index (χ1n) is 11.8. The fraction of sp³-hybridized carbons (Fsp3) is 0.500. The molecular formula is C26H29F6NO2S.